The van der Waals surface area contributed by atoms with Crippen molar-refractivity contribution in [3.05, 3.63) is 59.9 Å². The molecule has 1 aliphatic heterocycles. The molecule has 1 heterocycles. The van der Waals surface area contributed by atoms with E-state index >= 15 is 0 Å². The number of hydrogen-bond acceptors (Lipinski definition) is 4. The molecule has 3 rings (SSSR count). The van der Waals surface area contributed by atoms with E-state index in [4.69, 9.17) is 9.47 Å². The Bertz CT molecular complexity index is 745. The summed E-state index contributed by atoms with van der Waals surface area (Å²) in [5, 5.41) is 2.92. The van der Waals surface area contributed by atoms with Crippen molar-refractivity contribution in [3.63, 3.8) is 0 Å². The van der Waals surface area contributed by atoms with Gasteiger partial charge in [0.05, 0.1) is 13.2 Å². The quantitative estimate of drug-likeness (QED) is 0.773. The second-order valence-electron chi connectivity index (χ2n) is 6.56. The highest BCUT2D eigenvalue weighted by molar-refractivity contribution is 5.77. The van der Waals surface area contributed by atoms with E-state index in [0.717, 1.165) is 37.2 Å². The molecule has 0 spiro atoms. The highest BCUT2D eigenvalue weighted by Crippen LogP contribution is 2.26. The maximum Gasteiger partial charge on any atom is 0.258 e. The van der Waals surface area contributed by atoms with Gasteiger partial charge in [0.2, 0.25) is 0 Å². The van der Waals surface area contributed by atoms with Gasteiger partial charge in [-0.05, 0) is 55.8 Å². The average molecular weight is 372 g/mol. The molecule has 1 N–H and O–H groups in total. The lowest BCUT2D eigenvalue weighted by Crippen LogP contribution is -2.38. The van der Waals surface area contributed by atoms with Crippen molar-refractivity contribution in [2.45, 2.75) is 18.9 Å². The lowest BCUT2D eigenvalue weighted by Gasteiger charge is -2.28. The van der Waals surface area contributed by atoms with Crippen LogP contribution in [0, 0.1) is 5.82 Å². The second-order valence-corrected chi connectivity index (χ2v) is 6.56. The van der Waals surface area contributed by atoms with Crippen molar-refractivity contribution in [3.8, 4) is 11.5 Å². The molecule has 2 aromatic carbocycles. The molecule has 144 valence electrons. The fourth-order valence-electron chi connectivity index (χ4n) is 3.30. The molecule has 1 amide bonds. The molecule has 27 heavy (non-hydrogen) atoms. The zero-order valence-electron chi connectivity index (χ0n) is 15.5. The topological polar surface area (TPSA) is 50.8 Å². The highest BCUT2D eigenvalue weighted by atomic mass is 19.1. The Morgan fingerprint density at radius 2 is 1.85 bits per heavy atom. The average Bonchev–Trinajstić information content (AvgIpc) is 3.22. The molecule has 0 saturated carbocycles. The third kappa shape index (κ3) is 5.20. The van der Waals surface area contributed by atoms with Gasteiger partial charge in [0.15, 0.2) is 18.2 Å². The summed E-state index contributed by atoms with van der Waals surface area (Å²) >= 11 is 0. The van der Waals surface area contributed by atoms with Gasteiger partial charge in [-0.15, -0.1) is 0 Å². The van der Waals surface area contributed by atoms with Crippen molar-refractivity contribution in [1.82, 2.24) is 10.2 Å². The van der Waals surface area contributed by atoms with Gasteiger partial charge in [-0.1, -0.05) is 24.3 Å². The summed E-state index contributed by atoms with van der Waals surface area (Å²) in [4.78, 5) is 14.6. The Labute approximate surface area is 159 Å². The summed E-state index contributed by atoms with van der Waals surface area (Å²) in [5.41, 5.74) is 1.13. The van der Waals surface area contributed by atoms with Crippen LogP contribution in [0.25, 0.3) is 0 Å². The van der Waals surface area contributed by atoms with Gasteiger partial charge < -0.3 is 14.8 Å². The van der Waals surface area contributed by atoms with Crippen LogP contribution in [0.4, 0.5) is 4.39 Å². The first-order valence-electron chi connectivity index (χ1n) is 9.19. The number of rotatable bonds is 8. The minimum atomic E-state index is -0.474. The number of benzene rings is 2. The van der Waals surface area contributed by atoms with E-state index in [9.17, 15) is 9.18 Å². The number of likely N-dealkylation sites (tertiary alicyclic amines) is 1. The van der Waals surface area contributed by atoms with Crippen LogP contribution in [0.2, 0.25) is 0 Å². The van der Waals surface area contributed by atoms with Crippen LogP contribution in [0.5, 0.6) is 11.5 Å². The Morgan fingerprint density at radius 1 is 1.15 bits per heavy atom. The number of carbonyl (C=O) groups is 1. The number of nitrogens with zero attached hydrogens (tertiary/aromatic N) is 1. The summed E-state index contributed by atoms with van der Waals surface area (Å²) in [6.07, 6.45) is 2.33. The molecular weight excluding hydrogens is 347 g/mol. The zero-order chi connectivity index (χ0) is 19.1. The van der Waals surface area contributed by atoms with Gasteiger partial charge in [-0.25, -0.2) is 4.39 Å². The summed E-state index contributed by atoms with van der Waals surface area (Å²) in [6, 6.07) is 14.1. The molecule has 1 atom stereocenters. The second kappa shape index (κ2) is 9.37. The maximum atomic E-state index is 13.6. The van der Waals surface area contributed by atoms with Crippen LogP contribution in [-0.4, -0.2) is 44.2 Å². The van der Waals surface area contributed by atoms with Crippen molar-refractivity contribution >= 4 is 5.91 Å². The summed E-state index contributed by atoms with van der Waals surface area (Å²) < 4.78 is 24.1. The third-order valence-corrected chi connectivity index (χ3v) is 4.77. The molecule has 0 radical (unpaired) electrons. The number of halogens is 1. The number of nitrogens with one attached hydrogen (secondary N) is 1. The SMILES string of the molecule is COc1ccc(C(CNC(=O)COc2ccccc2F)N2CCCC2)cc1. The van der Waals surface area contributed by atoms with E-state index < -0.39 is 5.82 Å². The lowest BCUT2D eigenvalue weighted by atomic mass is 10.1. The van der Waals surface area contributed by atoms with E-state index in [1.807, 2.05) is 24.3 Å². The number of methoxy groups -OCH3 is 1. The standard InChI is InChI=1S/C21H25FN2O3/c1-26-17-10-8-16(9-11-17)19(24-12-4-5-13-24)14-23-21(25)15-27-20-7-3-2-6-18(20)22/h2-3,6-11,19H,4-5,12-15H2,1H3,(H,23,25). The monoisotopic (exact) mass is 372 g/mol. The fourth-order valence-corrected chi connectivity index (χ4v) is 3.30. The molecule has 2 aromatic rings. The van der Waals surface area contributed by atoms with Crippen molar-refractivity contribution in [2.24, 2.45) is 0 Å². The molecule has 0 aromatic heterocycles. The van der Waals surface area contributed by atoms with E-state index in [0.29, 0.717) is 6.54 Å². The normalized spacial score (nSPS) is 15.3. The summed E-state index contributed by atoms with van der Waals surface area (Å²) in [5.74, 6) is 0.148. The Balaban J connectivity index is 1.58. The van der Waals surface area contributed by atoms with Crippen LogP contribution in [0.15, 0.2) is 48.5 Å². The maximum absolute atomic E-state index is 13.6. The molecule has 0 aliphatic carbocycles. The largest absolute Gasteiger partial charge is 0.497 e. The molecule has 0 bridgehead atoms. The number of hydrogen-bond donors (Lipinski definition) is 1. The van der Waals surface area contributed by atoms with E-state index in [2.05, 4.69) is 10.2 Å². The minimum Gasteiger partial charge on any atom is -0.497 e. The first-order chi connectivity index (χ1) is 13.2. The Kier molecular flexibility index (Phi) is 6.65. The van der Waals surface area contributed by atoms with E-state index in [-0.39, 0.29) is 24.3 Å². The smallest absolute Gasteiger partial charge is 0.258 e. The van der Waals surface area contributed by atoms with Crippen molar-refractivity contribution in [2.75, 3.05) is 33.4 Å². The van der Waals surface area contributed by atoms with Crippen LogP contribution >= 0.6 is 0 Å². The number of carbonyl (C=O) groups excluding carboxylic acids is 1. The van der Waals surface area contributed by atoms with Gasteiger partial charge in [0.25, 0.3) is 5.91 Å². The Hall–Kier alpha value is -2.60. The summed E-state index contributed by atoms with van der Waals surface area (Å²) in [6.45, 7) is 2.29. The molecule has 5 nitrogen and oxygen atoms in total. The molecule has 1 fully saturated rings. The van der Waals surface area contributed by atoms with Gasteiger partial charge in [-0.2, -0.15) is 0 Å². The van der Waals surface area contributed by atoms with E-state index in [1.54, 1.807) is 19.2 Å². The minimum absolute atomic E-state index is 0.0823. The first-order valence-corrected chi connectivity index (χ1v) is 9.19. The molecule has 1 unspecified atom stereocenters. The number of para-hydroxylation sites is 1. The molecular formula is C21H25FN2O3. The van der Waals surface area contributed by atoms with Gasteiger partial charge >= 0.3 is 0 Å². The molecule has 1 saturated heterocycles. The van der Waals surface area contributed by atoms with E-state index in [1.165, 1.54) is 12.1 Å². The molecule has 6 heteroatoms. The van der Waals surface area contributed by atoms with Gasteiger partial charge in [0.1, 0.15) is 5.75 Å². The van der Waals surface area contributed by atoms with Crippen LogP contribution in [0.1, 0.15) is 24.4 Å². The summed E-state index contributed by atoms with van der Waals surface area (Å²) in [7, 11) is 1.64. The highest BCUT2D eigenvalue weighted by Gasteiger charge is 2.24. The zero-order valence-corrected chi connectivity index (χ0v) is 15.5. The molecule has 1 aliphatic rings. The fraction of sp³-hybridized carbons (Fsp3) is 0.381. The van der Waals surface area contributed by atoms with Crippen LogP contribution < -0.4 is 14.8 Å². The van der Waals surface area contributed by atoms with Crippen molar-refractivity contribution in [1.29, 1.82) is 0 Å². The predicted molar refractivity (Wildman–Crippen MR) is 101 cm³/mol. The van der Waals surface area contributed by atoms with Gasteiger partial charge in [0, 0.05) is 6.54 Å². The Morgan fingerprint density at radius 3 is 2.52 bits per heavy atom. The lowest BCUT2D eigenvalue weighted by molar-refractivity contribution is -0.123. The van der Waals surface area contributed by atoms with Crippen LogP contribution in [0.3, 0.4) is 0 Å². The van der Waals surface area contributed by atoms with Crippen LogP contribution in [-0.2, 0) is 4.79 Å². The third-order valence-electron chi connectivity index (χ3n) is 4.77. The van der Waals surface area contributed by atoms with Gasteiger partial charge in [-0.3, -0.25) is 9.69 Å². The predicted octanol–water partition coefficient (Wildman–Crippen LogP) is 3.17. The number of amides is 1. The first kappa shape index (κ1) is 19.2. The van der Waals surface area contributed by atoms with Crippen molar-refractivity contribution < 1.29 is 18.7 Å². The number of ether oxygens (including phenoxy) is 2.